The van der Waals surface area contributed by atoms with E-state index in [1.54, 1.807) is 12.1 Å². The van der Waals surface area contributed by atoms with Gasteiger partial charge in [-0.2, -0.15) is 5.26 Å². The van der Waals surface area contributed by atoms with Crippen LogP contribution in [0.2, 0.25) is 0 Å². The Morgan fingerprint density at radius 3 is 2.94 bits per heavy atom. The van der Waals surface area contributed by atoms with Gasteiger partial charge in [-0.25, -0.2) is 0 Å². The number of carbonyl (C=O) groups excluding carboxylic acids is 1. The minimum absolute atomic E-state index is 0.0605. The molecule has 0 saturated carbocycles. The molecule has 0 aliphatic heterocycles. The molecule has 1 atom stereocenters. The highest BCUT2D eigenvalue weighted by Crippen LogP contribution is 2.23. The number of amides is 1. The van der Waals surface area contributed by atoms with E-state index in [0.29, 0.717) is 5.75 Å². The van der Waals surface area contributed by atoms with Crippen LogP contribution in [-0.2, 0) is 4.79 Å². The Kier molecular flexibility index (Phi) is 6.19. The SMILES string of the molecule is N#CCC(=O)NC[C@@H](O)COc1ccccc1Br. The van der Waals surface area contributed by atoms with Gasteiger partial charge in [-0.15, -0.1) is 0 Å². The van der Waals surface area contributed by atoms with E-state index in [2.05, 4.69) is 21.2 Å². The molecule has 2 N–H and O–H groups in total. The van der Waals surface area contributed by atoms with Gasteiger partial charge in [-0.05, 0) is 28.1 Å². The summed E-state index contributed by atoms with van der Waals surface area (Å²) in [7, 11) is 0. The van der Waals surface area contributed by atoms with Crippen molar-refractivity contribution in [2.24, 2.45) is 0 Å². The number of benzene rings is 1. The van der Waals surface area contributed by atoms with Gasteiger partial charge in [0.05, 0.1) is 10.5 Å². The van der Waals surface area contributed by atoms with E-state index in [4.69, 9.17) is 10.00 Å². The number of carbonyl (C=O) groups is 1. The number of halogens is 1. The second-order valence-corrected chi connectivity index (χ2v) is 4.39. The maximum absolute atomic E-state index is 11.0. The van der Waals surface area contributed by atoms with Gasteiger partial charge < -0.3 is 15.2 Å². The van der Waals surface area contributed by atoms with Crippen molar-refractivity contribution in [3.8, 4) is 11.8 Å². The van der Waals surface area contributed by atoms with Gasteiger partial charge in [-0.1, -0.05) is 12.1 Å². The van der Waals surface area contributed by atoms with Gasteiger partial charge in [0.2, 0.25) is 5.91 Å². The van der Waals surface area contributed by atoms with Crippen LogP contribution in [0.3, 0.4) is 0 Å². The van der Waals surface area contributed by atoms with Crippen molar-refractivity contribution in [1.29, 1.82) is 5.26 Å². The largest absolute Gasteiger partial charge is 0.490 e. The van der Waals surface area contributed by atoms with Crippen molar-refractivity contribution in [2.45, 2.75) is 12.5 Å². The minimum atomic E-state index is -0.820. The lowest BCUT2D eigenvalue weighted by molar-refractivity contribution is -0.120. The van der Waals surface area contributed by atoms with Crippen molar-refractivity contribution in [3.63, 3.8) is 0 Å². The summed E-state index contributed by atoms with van der Waals surface area (Å²) in [5, 5.41) is 20.3. The van der Waals surface area contributed by atoms with Crippen LogP contribution in [0.15, 0.2) is 28.7 Å². The Labute approximate surface area is 114 Å². The lowest BCUT2D eigenvalue weighted by atomic mass is 10.3. The van der Waals surface area contributed by atoms with Crippen LogP contribution in [0, 0.1) is 11.3 Å². The molecule has 0 saturated heterocycles. The number of hydrogen-bond acceptors (Lipinski definition) is 4. The van der Waals surface area contributed by atoms with Crippen molar-refractivity contribution in [3.05, 3.63) is 28.7 Å². The Hall–Kier alpha value is -1.58. The zero-order valence-electron chi connectivity index (χ0n) is 9.60. The van der Waals surface area contributed by atoms with Crippen LogP contribution in [0.25, 0.3) is 0 Å². The Morgan fingerprint density at radius 2 is 2.28 bits per heavy atom. The smallest absolute Gasteiger partial charge is 0.234 e. The maximum Gasteiger partial charge on any atom is 0.234 e. The molecule has 0 spiro atoms. The number of ether oxygens (including phenoxy) is 1. The van der Waals surface area contributed by atoms with Crippen LogP contribution in [-0.4, -0.2) is 30.3 Å². The van der Waals surface area contributed by atoms with E-state index in [-0.39, 0.29) is 19.6 Å². The van der Waals surface area contributed by atoms with E-state index >= 15 is 0 Å². The van der Waals surface area contributed by atoms with Gasteiger partial charge in [0.25, 0.3) is 0 Å². The summed E-state index contributed by atoms with van der Waals surface area (Å²) in [5.74, 6) is 0.220. The van der Waals surface area contributed by atoms with Crippen LogP contribution < -0.4 is 10.1 Å². The fraction of sp³-hybridized carbons (Fsp3) is 0.333. The van der Waals surface area contributed by atoms with Crippen molar-refractivity contribution in [2.75, 3.05) is 13.2 Å². The lowest BCUT2D eigenvalue weighted by Crippen LogP contribution is -2.35. The molecule has 0 unspecified atom stereocenters. The van der Waals surface area contributed by atoms with Gasteiger partial charge in [0.1, 0.15) is 24.9 Å². The molecule has 96 valence electrons. The molecule has 1 amide bonds. The number of hydrogen-bond donors (Lipinski definition) is 2. The van der Waals surface area contributed by atoms with E-state index < -0.39 is 12.0 Å². The third-order valence-electron chi connectivity index (χ3n) is 2.04. The van der Waals surface area contributed by atoms with Gasteiger partial charge in [-0.3, -0.25) is 4.79 Å². The summed E-state index contributed by atoms with van der Waals surface area (Å²) in [4.78, 5) is 11.0. The number of para-hydroxylation sites is 1. The molecule has 0 radical (unpaired) electrons. The third kappa shape index (κ3) is 5.17. The van der Waals surface area contributed by atoms with Crippen LogP contribution in [0.1, 0.15) is 6.42 Å². The van der Waals surface area contributed by atoms with Gasteiger partial charge >= 0.3 is 0 Å². The fourth-order valence-corrected chi connectivity index (χ4v) is 1.57. The summed E-state index contributed by atoms with van der Waals surface area (Å²) in [6, 6.07) is 9.00. The molecule has 0 aliphatic carbocycles. The highest BCUT2D eigenvalue weighted by atomic mass is 79.9. The molecule has 1 aromatic carbocycles. The first kappa shape index (κ1) is 14.5. The third-order valence-corrected chi connectivity index (χ3v) is 2.70. The first-order valence-corrected chi connectivity index (χ1v) is 6.12. The molecule has 1 aromatic rings. The molecule has 1 rings (SSSR count). The summed E-state index contributed by atoms with van der Waals surface area (Å²) < 4.78 is 6.17. The van der Waals surface area contributed by atoms with Crippen molar-refractivity contribution < 1.29 is 14.6 Å². The van der Waals surface area contributed by atoms with Crippen LogP contribution in [0.5, 0.6) is 5.75 Å². The Morgan fingerprint density at radius 1 is 1.56 bits per heavy atom. The lowest BCUT2D eigenvalue weighted by Gasteiger charge is -2.13. The zero-order valence-corrected chi connectivity index (χ0v) is 11.2. The summed E-state index contributed by atoms with van der Waals surface area (Å²) in [6.45, 7) is 0.125. The highest BCUT2D eigenvalue weighted by Gasteiger charge is 2.08. The number of rotatable bonds is 6. The molecule has 18 heavy (non-hydrogen) atoms. The Bertz CT molecular complexity index is 445. The monoisotopic (exact) mass is 312 g/mol. The summed E-state index contributed by atoms with van der Waals surface area (Å²) in [5.41, 5.74) is 0. The molecular weight excluding hydrogens is 300 g/mol. The average Bonchev–Trinajstić information content (AvgIpc) is 2.36. The van der Waals surface area contributed by atoms with E-state index in [1.807, 2.05) is 18.2 Å². The number of aliphatic hydroxyl groups is 1. The first-order chi connectivity index (χ1) is 8.63. The van der Waals surface area contributed by atoms with Gasteiger partial charge in [0, 0.05) is 6.54 Å². The summed E-state index contributed by atoms with van der Waals surface area (Å²) in [6.07, 6.45) is -1.03. The number of nitriles is 1. The topological polar surface area (TPSA) is 82.4 Å². The molecule has 6 heteroatoms. The standard InChI is InChI=1S/C12H13BrN2O3/c13-10-3-1-2-4-11(10)18-8-9(16)7-15-12(17)5-6-14/h1-4,9,16H,5,7-8H2,(H,15,17)/t9-/m1/s1. The van der Waals surface area contributed by atoms with E-state index in [1.165, 1.54) is 0 Å². The molecule has 0 fully saturated rings. The van der Waals surface area contributed by atoms with Crippen molar-refractivity contribution >= 4 is 21.8 Å². The number of aliphatic hydroxyl groups excluding tert-OH is 1. The fourth-order valence-electron chi connectivity index (χ4n) is 1.17. The summed E-state index contributed by atoms with van der Waals surface area (Å²) >= 11 is 3.32. The quantitative estimate of drug-likeness (QED) is 0.827. The number of nitrogens with zero attached hydrogens (tertiary/aromatic N) is 1. The molecular formula is C12H13BrN2O3. The molecule has 0 aliphatic rings. The van der Waals surface area contributed by atoms with E-state index in [0.717, 1.165) is 4.47 Å². The normalized spacial score (nSPS) is 11.4. The molecule has 5 nitrogen and oxygen atoms in total. The average molecular weight is 313 g/mol. The predicted molar refractivity (Wildman–Crippen MR) is 68.9 cm³/mol. The zero-order chi connectivity index (χ0) is 13.4. The minimum Gasteiger partial charge on any atom is -0.490 e. The first-order valence-electron chi connectivity index (χ1n) is 5.32. The second kappa shape index (κ2) is 7.69. The molecule has 0 heterocycles. The number of nitrogens with one attached hydrogen (secondary N) is 1. The predicted octanol–water partition coefficient (Wildman–Crippen LogP) is 1.22. The second-order valence-electron chi connectivity index (χ2n) is 3.53. The molecule has 0 bridgehead atoms. The highest BCUT2D eigenvalue weighted by molar-refractivity contribution is 9.10. The molecule has 0 aromatic heterocycles. The van der Waals surface area contributed by atoms with Crippen LogP contribution in [0.4, 0.5) is 0 Å². The van der Waals surface area contributed by atoms with E-state index in [9.17, 15) is 9.90 Å². The van der Waals surface area contributed by atoms with Crippen molar-refractivity contribution in [1.82, 2.24) is 5.32 Å². The Balaban J connectivity index is 2.29. The maximum atomic E-state index is 11.0. The van der Waals surface area contributed by atoms with Crippen LogP contribution >= 0.6 is 15.9 Å². The van der Waals surface area contributed by atoms with Gasteiger partial charge in [0.15, 0.2) is 0 Å².